The average Bonchev–Trinajstić information content (AvgIpc) is 2.90. The third kappa shape index (κ3) is 8.46. The number of urea groups is 1. The summed E-state index contributed by atoms with van der Waals surface area (Å²) in [7, 11) is -3.03. The number of rotatable bonds is 11. The number of amides is 2. The van der Waals surface area contributed by atoms with Crippen LogP contribution in [0.5, 0.6) is 5.75 Å². The zero-order valence-electron chi connectivity index (χ0n) is 23.7. The number of nitrogens with one attached hydrogen (secondary N) is 1. The van der Waals surface area contributed by atoms with Gasteiger partial charge in [0.2, 0.25) is 0 Å². The Kier molecular flexibility index (Phi) is 10.4. The molecule has 0 saturated heterocycles. The van der Waals surface area contributed by atoms with Gasteiger partial charge >= 0.3 is 22.3 Å². The smallest absolute Gasteiger partial charge is 0.383 e. The molecular weight excluding hydrogens is 557 g/mol. The lowest BCUT2D eigenvalue weighted by molar-refractivity contribution is -0.137. The number of ether oxygens (including phenoxy) is 1. The van der Waals surface area contributed by atoms with Crippen LogP contribution in [0.1, 0.15) is 61.8 Å². The topological polar surface area (TPSA) is 84.9 Å². The minimum Gasteiger partial charge on any atom is -0.383 e. The van der Waals surface area contributed by atoms with E-state index in [0.717, 1.165) is 35.0 Å². The van der Waals surface area contributed by atoms with Crippen molar-refractivity contribution in [2.75, 3.05) is 25.6 Å². The molecule has 0 aromatic heterocycles. The highest BCUT2D eigenvalue weighted by molar-refractivity contribution is 7.87. The van der Waals surface area contributed by atoms with Gasteiger partial charge < -0.3 is 19.1 Å². The number of nitrogens with zero attached hydrogens (tertiary/aromatic N) is 1. The number of para-hydroxylation sites is 1. The number of alkyl halides is 3. The molecule has 3 aromatic rings. The van der Waals surface area contributed by atoms with E-state index in [-0.39, 0.29) is 43.3 Å². The number of anilines is 1. The van der Waals surface area contributed by atoms with E-state index in [1.165, 1.54) is 24.1 Å². The molecule has 0 bridgehead atoms. The van der Waals surface area contributed by atoms with Gasteiger partial charge in [0.05, 0.1) is 12.2 Å². The van der Waals surface area contributed by atoms with Crippen LogP contribution in [-0.2, 0) is 27.6 Å². The molecular formula is C30H35F3N2O5S. The molecule has 0 unspecified atom stereocenters. The van der Waals surface area contributed by atoms with Gasteiger partial charge in [0.15, 0.2) is 0 Å². The lowest BCUT2D eigenvalue weighted by Gasteiger charge is -2.26. The molecule has 3 rings (SSSR count). The van der Waals surface area contributed by atoms with Crippen LogP contribution >= 0.6 is 0 Å². The zero-order valence-corrected chi connectivity index (χ0v) is 24.5. The fourth-order valence-corrected chi connectivity index (χ4v) is 5.22. The van der Waals surface area contributed by atoms with Crippen molar-refractivity contribution in [3.63, 3.8) is 0 Å². The number of hydrogen-bond acceptors (Lipinski definition) is 5. The quantitative estimate of drug-likeness (QED) is 0.235. The van der Waals surface area contributed by atoms with Crippen LogP contribution in [0, 0.1) is 0 Å². The van der Waals surface area contributed by atoms with E-state index in [0.29, 0.717) is 11.6 Å². The molecule has 3 aromatic carbocycles. The van der Waals surface area contributed by atoms with Crippen LogP contribution in [0.3, 0.4) is 0 Å². The predicted molar refractivity (Wildman–Crippen MR) is 152 cm³/mol. The van der Waals surface area contributed by atoms with Crippen molar-refractivity contribution < 1.29 is 35.3 Å². The first-order valence-electron chi connectivity index (χ1n) is 13.1. The molecule has 0 radical (unpaired) electrons. The van der Waals surface area contributed by atoms with Gasteiger partial charge in [0, 0.05) is 25.9 Å². The lowest BCUT2D eigenvalue weighted by atomic mass is 9.93. The number of halogens is 3. The predicted octanol–water partition coefficient (Wildman–Crippen LogP) is 7.40. The second-order valence-corrected chi connectivity index (χ2v) is 11.7. The Bertz CT molecular complexity index is 1430. The van der Waals surface area contributed by atoms with E-state index < -0.39 is 26.8 Å². The van der Waals surface area contributed by atoms with Crippen molar-refractivity contribution >= 4 is 21.8 Å². The Hall–Kier alpha value is -3.57. The maximum atomic E-state index is 13.5. The van der Waals surface area contributed by atoms with Crippen molar-refractivity contribution in [2.24, 2.45) is 0 Å². The van der Waals surface area contributed by atoms with Crippen molar-refractivity contribution in [1.82, 2.24) is 4.90 Å². The Labute approximate surface area is 239 Å². The third-order valence-corrected chi connectivity index (χ3v) is 7.63. The molecule has 0 fully saturated rings. The molecule has 11 heteroatoms. The largest absolute Gasteiger partial charge is 0.416 e. The molecule has 0 aliphatic carbocycles. The monoisotopic (exact) mass is 592 g/mol. The van der Waals surface area contributed by atoms with Crippen LogP contribution in [0.2, 0.25) is 0 Å². The summed E-state index contributed by atoms with van der Waals surface area (Å²) in [6.45, 7) is 8.81. The molecule has 0 atom stereocenters. The second kappa shape index (κ2) is 13.4. The normalized spacial score (nSPS) is 12.0. The van der Waals surface area contributed by atoms with Crippen LogP contribution in [0.4, 0.5) is 23.7 Å². The fraction of sp³-hybridized carbons (Fsp3) is 0.367. The van der Waals surface area contributed by atoms with Gasteiger partial charge in [0.1, 0.15) is 10.6 Å². The summed E-state index contributed by atoms with van der Waals surface area (Å²) >= 11 is 0. The van der Waals surface area contributed by atoms with E-state index in [2.05, 4.69) is 33.0 Å². The molecule has 0 aliphatic heterocycles. The van der Waals surface area contributed by atoms with E-state index >= 15 is 0 Å². The highest BCUT2D eigenvalue weighted by Crippen LogP contribution is 2.33. The van der Waals surface area contributed by atoms with Gasteiger partial charge in [-0.25, -0.2) is 4.79 Å². The molecule has 222 valence electrons. The van der Waals surface area contributed by atoms with Gasteiger partial charge in [-0.2, -0.15) is 21.6 Å². The first-order chi connectivity index (χ1) is 19.2. The lowest BCUT2D eigenvalue weighted by Crippen LogP contribution is -2.37. The van der Waals surface area contributed by atoms with Crippen LogP contribution in [0.15, 0.2) is 71.6 Å². The fourth-order valence-electron chi connectivity index (χ4n) is 4.25. The Morgan fingerprint density at radius 1 is 0.927 bits per heavy atom. The maximum absolute atomic E-state index is 13.5. The Balaban J connectivity index is 1.85. The number of carbonyl (C=O) groups is 1. The summed E-state index contributed by atoms with van der Waals surface area (Å²) < 4.78 is 75.2. The Morgan fingerprint density at radius 3 is 2.12 bits per heavy atom. The van der Waals surface area contributed by atoms with Crippen molar-refractivity contribution in [1.29, 1.82) is 0 Å². The van der Waals surface area contributed by atoms with Gasteiger partial charge in [-0.15, -0.1) is 0 Å². The highest BCUT2D eigenvalue weighted by Gasteiger charge is 2.32. The number of hydrogen-bond donors (Lipinski definition) is 1. The standard InChI is InChI=1S/C30H35F3N2O5S/c1-20(2)26-13-8-14-27(21(3)4)28(26)34-29(36)35(15-16-39-5)19-22-9-6-11-24(17-22)40-41(37,38)25-12-7-10-23(18-25)30(31,32)33/h6-14,17-18,20-21H,15-16,19H2,1-5H3,(H,34,36). The van der Waals surface area contributed by atoms with Gasteiger partial charge in [-0.05, 0) is 58.9 Å². The number of carbonyl (C=O) groups excluding carboxylic acids is 1. The van der Waals surface area contributed by atoms with Crippen molar-refractivity contribution in [3.05, 3.63) is 89.0 Å². The van der Waals surface area contributed by atoms with Crippen LogP contribution in [-0.4, -0.2) is 39.6 Å². The van der Waals surface area contributed by atoms with E-state index in [4.69, 9.17) is 8.92 Å². The molecule has 0 aliphatic rings. The molecule has 2 amide bonds. The second-order valence-electron chi connectivity index (χ2n) is 10.2. The zero-order chi connectivity index (χ0) is 30.4. The van der Waals surface area contributed by atoms with Crippen LogP contribution in [0.25, 0.3) is 0 Å². The van der Waals surface area contributed by atoms with Crippen molar-refractivity contribution in [3.8, 4) is 5.75 Å². The molecule has 41 heavy (non-hydrogen) atoms. The first kappa shape index (κ1) is 32.0. The summed E-state index contributed by atoms with van der Waals surface area (Å²) in [5, 5.41) is 3.08. The van der Waals surface area contributed by atoms with Gasteiger partial charge in [-0.1, -0.05) is 64.1 Å². The summed E-state index contributed by atoms with van der Waals surface area (Å²) in [6, 6.07) is 15.0. The van der Waals surface area contributed by atoms with E-state index in [1.807, 2.05) is 18.2 Å². The van der Waals surface area contributed by atoms with E-state index in [1.54, 1.807) is 12.1 Å². The maximum Gasteiger partial charge on any atom is 0.416 e. The average molecular weight is 593 g/mol. The summed E-state index contributed by atoms with van der Waals surface area (Å²) in [4.78, 5) is 14.4. The summed E-state index contributed by atoms with van der Waals surface area (Å²) in [5.74, 6) is 0.243. The van der Waals surface area contributed by atoms with Crippen molar-refractivity contribution in [2.45, 2.75) is 57.1 Å². The summed E-state index contributed by atoms with van der Waals surface area (Å²) in [6.07, 6.45) is -4.71. The molecule has 0 saturated carbocycles. The van der Waals surface area contributed by atoms with Gasteiger partial charge in [-0.3, -0.25) is 0 Å². The molecule has 1 N–H and O–H groups in total. The third-order valence-electron chi connectivity index (χ3n) is 6.39. The SMILES string of the molecule is COCCN(Cc1cccc(OS(=O)(=O)c2cccc(C(F)(F)F)c2)c1)C(=O)Nc1c(C(C)C)cccc1C(C)C. The minimum atomic E-state index is -4.71. The Morgan fingerprint density at radius 2 is 1.54 bits per heavy atom. The molecule has 0 spiro atoms. The number of benzene rings is 3. The van der Waals surface area contributed by atoms with Gasteiger partial charge in [0.25, 0.3) is 0 Å². The highest BCUT2D eigenvalue weighted by atomic mass is 32.2. The number of methoxy groups -OCH3 is 1. The first-order valence-corrected chi connectivity index (χ1v) is 14.5. The molecule has 7 nitrogen and oxygen atoms in total. The molecule has 0 heterocycles. The van der Waals surface area contributed by atoms with E-state index in [9.17, 15) is 26.4 Å². The minimum absolute atomic E-state index is 0.0941. The van der Waals surface area contributed by atoms with Crippen LogP contribution < -0.4 is 9.50 Å². The summed E-state index contributed by atoms with van der Waals surface area (Å²) in [5.41, 5.74) is 2.22.